The van der Waals surface area contributed by atoms with Gasteiger partial charge < -0.3 is 10.0 Å². The van der Waals surface area contributed by atoms with Gasteiger partial charge in [-0.2, -0.15) is 0 Å². The van der Waals surface area contributed by atoms with E-state index in [9.17, 15) is 15.2 Å². The zero-order chi connectivity index (χ0) is 25.3. The molecule has 8 nitrogen and oxygen atoms in total. The lowest BCUT2D eigenvalue weighted by molar-refractivity contribution is -0.386. The van der Waals surface area contributed by atoms with E-state index in [1.54, 1.807) is 6.07 Å². The molecule has 1 N–H and O–H groups in total. The second-order valence-electron chi connectivity index (χ2n) is 13.0. The van der Waals surface area contributed by atoms with Crippen molar-refractivity contribution in [1.29, 1.82) is 0 Å². The molecule has 2 unspecified atom stereocenters. The summed E-state index contributed by atoms with van der Waals surface area (Å²) in [4.78, 5) is 26.4. The van der Waals surface area contributed by atoms with E-state index >= 15 is 0 Å². The molecule has 2 aromatic rings. The number of phenolic OH excluding ortho intramolecular Hbond substituents is 1. The van der Waals surface area contributed by atoms with Crippen LogP contribution in [0.15, 0.2) is 18.2 Å². The molecule has 6 atom stereocenters. The van der Waals surface area contributed by atoms with Crippen molar-refractivity contribution < 1.29 is 10.0 Å². The Bertz CT molecular complexity index is 1320. The molecule has 37 heavy (non-hydrogen) atoms. The lowest BCUT2D eigenvalue weighted by Gasteiger charge is -2.66. The van der Waals surface area contributed by atoms with Gasteiger partial charge >= 0.3 is 5.69 Å². The highest BCUT2D eigenvalue weighted by molar-refractivity contribution is 5.59. The van der Waals surface area contributed by atoms with Gasteiger partial charge in [0, 0.05) is 48.0 Å². The number of aromatic nitrogens is 2. The maximum absolute atomic E-state index is 11.8. The molecule has 4 aliphatic carbocycles. The smallest absolute Gasteiger partial charge is 0.310 e. The predicted octanol–water partition coefficient (Wildman–Crippen LogP) is 4.29. The van der Waals surface area contributed by atoms with Gasteiger partial charge in [-0.05, 0) is 112 Å². The summed E-state index contributed by atoms with van der Waals surface area (Å²) in [5, 5.41) is 22.6. The minimum Gasteiger partial charge on any atom is -0.502 e. The number of nitro groups is 1. The third-order valence-electron chi connectivity index (χ3n) is 11.3. The zero-order valence-electron chi connectivity index (χ0n) is 21.7. The van der Waals surface area contributed by atoms with Crippen molar-refractivity contribution >= 4 is 11.6 Å². The van der Waals surface area contributed by atoms with Gasteiger partial charge in [0.1, 0.15) is 0 Å². The molecule has 2 saturated heterocycles. The molecule has 4 bridgehead atoms. The number of anilines is 1. The predicted molar refractivity (Wildman–Crippen MR) is 139 cm³/mol. The number of phenols is 1. The van der Waals surface area contributed by atoms with Crippen LogP contribution in [-0.2, 0) is 11.8 Å². The quantitative estimate of drug-likeness (QED) is 0.493. The van der Waals surface area contributed by atoms with Crippen LogP contribution in [0.2, 0.25) is 0 Å². The number of hydrogen-bond acceptors (Lipinski definition) is 7. The second kappa shape index (κ2) is 7.22. The Kier molecular flexibility index (Phi) is 4.34. The third-order valence-corrected chi connectivity index (χ3v) is 11.3. The molecular formula is C29H35N5O3. The number of nitro benzene ring substituents is 1. The zero-order valence-corrected chi connectivity index (χ0v) is 21.7. The Labute approximate surface area is 217 Å². The Hall–Kier alpha value is -2.74. The lowest BCUT2D eigenvalue weighted by Crippen LogP contribution is -2.69. The van der Waals surface area contributed by atoms with Crippen molar-refractivity contribution in [2.75, 3.05) is 24.5 Å². The van der Waals surface area contributed by atoms with Crippen LogP contribution >= 0.6 is 0 Å². The Balaban J connectivity index is 1.29. The number of aryl methyl sites for hydroxylation is 2. The number of aromatic hydroxyl groups is 1. The van der Waals surface area contributed by atoms with Crippen molar-refractivity contribution in [2.45, 2.75) is 76.3 Å². The summed E-state index contributed by atoms with van der Waals surface area (Å²) in [6, 6.07) is 6.39. The summed E-state index contributed by atoms with van der Waals surface area (Å²) in [6.07, 6.45) is 8.18. The molecule has 5 fully saturated rings. The first-order valence-electron chi connectivity index (χ1n) is 14.1. The minimum atomic E-state index is -0.423. The fourth-order valence-electron chi connectivity index (χ4n) is 10.2. The molecule has 3 heterocycles. The first kappa shape index (κ1) is 22.3. The van der Waals surface area contributed by atoms with Gasteiger partial charge in [0.15, 0.2) is 5.75 Å². The van der Waals surface area contributed by atoms with E-state index in [4.69, 9.17) is 9.97 Å². The van der Waals surface area contributed by atoms with Gasteiger partial charge in [-0.3, -0.25) is 15.0 Å². The fraction of sp³-hybridized carbons (Fsp3) is 0.655. The highest BCUT2D eigenvalue weighted by Crippen LogP contribution is 2.75. The van der Waals surface area contributed by atoms with Crippen molar-refractivity contribution in [3.05, 3.63) is 50.8 Å². The SMILES string of the molecule is Cc1cc(C)nc(N2C[C@H]3C[C@@]45CCC2C3[C@@]42CCN(CC3CC3)[C@@H]5Cc3cc([N+](=O)[O-])c(O)cc32)n1. The van der Waals surface area contributed by atoms with Gasteiger partial charge in [-0.1, -0.05) is 0 Å². The first-order chi connectivity index (χ1) is 17.8. The summed E-state index contributed by atoms with van der Waals surface area (Å²) in [6.45, 7) is 7.36. The molecule has 8 heteroatoms. The molecule has 0 spiro atoms. The van der Waals surface area contributed by atoms with Crippen LogP contribution < -0.4 is 4.90 Å². The lowest BCUT2D eigenvalue weighted by atomic mass is 9.43. The summed E-state index contributed by atoms with van der Waals surface area (Å²) in [5.41, 5.74) is 4.35. The molecule has 1 aromatic heterocycles. The molecular weight excluding hydrogens is 466 g/mol. The van der Waals surface area contributed by atoms with Crippen LogP contribution in [0.5, 0.6) is 5.75 Å². The standard InChI is InChI=1S/C29H35N5O3/c1-16-9-17(2)31-27(30-16)33-15-20-13-28-6-5-22(33)26(20)29(28)7-8-32(14-18-3-4-18)25(28)11-19-10-23(34(36)37)24(35)12-21(19)29/h9-10,12,18,20,22,25-26,35H,3-8,11,13-15H2,1-2H3/t20-,22?,25-,26?,28-,29+/m1/s1. The number of likely N-dealkylation sites (tertiary alicyclic amines) is 1. The van der Waals surface area contributed by atoms with E-state index in [0.29, 0.717) is 23.9 Å². The van der Waals surface area contributed by atoms with Crippen LogP contribution in [-0.4, -0.2) is 56.6 Å². The van der Waals surface area contributed by atoms with E-state index in [0.717, 1.165) is 61.2 Å². The normalized spacial score (nSPS) is 37.4. The number of hydrogen-bond donors (Lipinski definition) is 1. The molecule has 0 radical (unpaired) electrons. The molecule has 8 rings (SSSR count). The highest BCUT2D eigenvalue weighted by atomic mass is 16.6. The van der Waals surface area contributed by atoms with Gasteiger partial charge in [0.25, 0.3) is 0 Å². The average molecular weight is 502 g/mol. The largest absolute Gasteiger partial charge is 0.502 e. The maximum Gasteiger partial charge on any atom is 0.310 e. The van der Waals surface area contributed by atoms with Crippen LogP contribution in [0.1, 0.15) is 61.0 Å². The Morgan fingerprint density at radius 3 is 2.65 bits per heavy atom. The van der Waals surface area contributed by atoms with Crippen LogP contribution in [0.4, 0.5) is 11.6 Å². The van der Waals surface area contributed by atoms with Crippen LogP contribution in [0.3, 0.4) is 0 Å². The van der Waals surface area contributed by atoms with E-state index in [-0.39, 0.29) is 22.3 Å². The van der Waals surface area contributed by atoms with Crippen molar-refractivity contribution in [3.63, 3.8) is 0 Å². The number of nitrogens with zero attached hydrogens (tertiary/aromatic N) is 5. The third kappa shape index (κ3) is 2.77. The minimum absolute atomic E-state index is 0.0425. The Morgan fingerprint density at radius 2 is 1.92 bits per heavy atom. The molecule has 3 saturated carbocycles. The monoisotopic (exact) mass is 501 g/mol. The topological polar surface area (TPSA) is 95.6 Å². The van der Waals surface area contributed by atoms with E-state index in [2.05, 4.69) is 9.80 Å². The van der Waals surface area contributed by atoms with Crippen molar-refractivity contribution in [1.82, 2.24) is 14.9 Å². The summed E-state index contributed by atoms with van der Waals surface area (Å²) < 4.78 is 0. The number of piperidine rings is 1. The van der Waals surface area contributed by atoms with Crippen molar-refractivity contribution in [3.8, 4) is 5.75 Å². The van der Waals surface area contributed by atoms with Gasteiger partial charge in [0.2, 0.25) is 5.95 Å². The summed E-state index contributed by atoms with van der Waals surface area (Å²) in [5.74, 6) is 2.55. The Morgan fingerprint density at radius 1 is 1.14 bits per heavy atom. The summed E-state index contributed by atoms with van der Waals surface area (Å²) in [7, 11) is 0. The average Bonchev–Trinajstić information content (AvgIpc) is 3.53. The maximum atomic E-state index is 11.8. The van der Waals surface area contributed by atoms with E-state index in [1.807, 2.05) is 26.0 Å². The number of fused-ring (bicyclic) bond motifs is 1. The summed E-state index contributed by atoms with van der Waals surface area (Å²) >= 11 is 0. The fourth-order valence-corrected chi connectivity index (χ4v) is 10.2. The molecule has 2 aliphatic heterocycles. The van der Waals surface area contributed by atoms with Crippen LogP contribution in [0, 0.1) is 47.1 Å². The number of rotatable bonds is 4. The van der Waals surface area contributed by atoms with Crippen molar-refractivity contribution in [2.24, 2.45) is 23.2 Å². The van der Waals surface area contributed by atoms with Gasteiger partial charge in [-0.25, -0.2) is 9.97 Å². The van der Waals surface area contributed by atoms with E-state index < -0.39 is 4.92 Å². The first-order valence-corrected chi connectivity index (χ1v) is 14.1. The molecule has 0 amide bonds. The van der Waals surface area contributed by atoms with Gasteiger partial charge in [0.05, 0.1) is 4.92 Å². The van der Waals surface area contributed by atoms with E-state index in [1.165, 1.54) is 37.8 Å². The highest BCUT2D eigenvalue weighted by Gasteiger charge is 2.76. The molecule has 1 aromatic carbocycles. The number of benzene rings is 1. The second-order valence-corrected chi connectivity index (χ2v) is 13.0. The van der Waals surface area contributed by atoms with Crippen LogP contribution in [0.25, 0.3) is 0 Å². The molecule has 6 aliphatic rings. The van der Waals surface area contributed by atoms with Gasteiger partial charge in [-0.15, -0.1) is 0 Å². The molecule has 194 valence electrons.